The van der Waals surface area contributed by atoms with E-state index in [1.54, 1.807) is 0 Å². The Morgan fingerprint density at radius 2 is 1.89 bits per heavy atom. The maximum absolute atomic E-state index is 5.47. The molecule has 1 rings (SSSR count). The minimum absolute atomic E-state index is 0.367. The Labute approximate surface area is 111 Å². The van der Waals surface area contributed by atoms with Gasteiger partial charge in [0, 0.05) is 12.6 Å². The van der Waals surface area contributed by atoms with Gasteiger partial charge in [-0.25, -0.2) is 0 Å². The lowest BCUT2D eigenvalue weighted by Crippen LogP contribution is -2.23. The summed E-state index contributed by atoms with van der Waals surface area (Å²) >= 11 is 0. The third-order valence-electron chi connectivity index (χ3n) is 2.91. The summed E-state index contributed by atoms with van der Waals surface area (Å²) in [5, 5.41) is 3.48. The molecule has 0 bridgehead atoms. The molecule has 0 saturated carbocycles. The fourth-order valence-electron chi connectivity index (χ4n) is 1.99. The van der Waals surface area contributed by atoms with E-state index in [2.05, 4.69) is 50.9 Å². The third kappa shape index (κ3) is 5.48. The monoisotopic (exact) mass is 247 g/mol. The summed E-state index contributed by atoms with van der Waals surface area (Å²) in [5.41, 5.74) is 3.99. The van der Waals surface area contributed by atoms with Crippen LogP contribution in [0, 0.1) is 13.8 Å². The van der Waals surface area contributed by atoms with Crippen LogP contribution in [-0.4, -0.2) is 19.8 Å². The van der Waals surface area contributed by atoms with Crippen LogP contribution < -0.4 is 5.32 Å². The van der Waals surface area contributed by atoms with Crippen LogP contribution in [0.1, 0.15) is 36.1 Å². The summed E-state index contributed by atoms with van der Waals surface area (Å²) < 4.78 is 5.47. The first-order chi connectivity index (χ1) is 8.63. The number of aryl methyl sites for hydroxylation is 2. The van der Waals surface area contributed by atoms with E-state index < -0.39 is 0 Å². The van der Waals surface area contributed by atoms with E-state index in [0.717, 1.165) is 26.2 Å². The van der Waals surface area contributed by atoms with Crippen molar-refractivity contribution in [2.24, 2.45) is 0 Å². The van der Waals surface area contributed by atoms with Gasteiger partial charge in [-0.1, -0.05) is 35.4 Å². The molecule has 1 N–H and O–H groups in total. The highest BCUT2D eigenvalue weighted by molar-refractivity contribution is 5.30. The van der Waals surface area contributed by atoms with Crippen LogP contribution in [0.2, 0.25) is 0 Å². The number of hydrogen-bond acceptors (Lipinski definition) is 2. The van der Waals surface area contributed by atoms with Gasteiger partial charge >= 0.3 is 0 Å². The van der Waals surface area contributed by atoms with Crippen LogP contribution >= 0.6 is 0 Å². The van der Waals surface area contributed by atoms with Gasteiger partial charge in [0.2, 0.25) is 0 Å². The lowest BCUT2D eigenvalue weighted by atomic mass is 10.0. The molecule has 0 aliphatic heterocycles. The lowest BCUT2D eigenvalue weighted by Gasteiger charge is -2.15. The van der Waals surface area contributed by atoms with Crippen LogP contribution in [0.3, 0.4) is 0 Å². The summed E-state index contributed by atoms with van der Waals surface area (Å²) in [4.78, 5) is 0. The number of hydrogen-bond donors (Lipinski definition) is 1. The van der Waals surface area contributed by atoms with E-state index in [4.69, 9.17) is 4.74 Å². The zero-order valence-electron chi connectivity index (χ0n) is 11.8. The van der Waals surface area contributed by atoms with Gasteiger partial charge in [-0.05, 0) is 32.8 Å². The van der Waals surface area contributed by atoms with Crippen molar-refractivity contribution in [1.82, 2.24) is 5.32 Å². The van der Waals surface area contributed by atoms with Gasteiger partial charge in [0.25, 0.3) is 0 Å². The maximum Gasteiger partial charge on any atom is 0.0591 e. The average Bonchev–Trinajstić information content (AvgIpc) is 2.32. The molecule has 0 radical (unpaired) electrons. The van der Waals surface area contributed by atoms with Crippen molar-refractivity contribution in [1.29, 1.82) is 0 Å². The quantitative estimate of drug-likeness (QED) is 0.560. The zero-order valence-corrected chi connectivity index (χ0v) is 11.8. The van der Waals surface area contributed by atoms with E-state index >= 15 is 0 Å². The molecule has 1 aromatic carbocycles. The summed E-state index contributed by atoms with van der Waals surface area (Å²) in [6.45, 7) is 12.5. The minimum atomic E-state index is 0.367. The van der Waals surface area contributed by atoms with Gasteiger partial charge in [0.15, 0.2) is 0 Å². The number of rotatable bonds is 8. The highest BCUT2D eigenvalue weighted by Crippen LogP contribution is 2.16. The van der Waals surface area contributed by atoms with E-state index in [0.29, 0.717) is 6.04 Å². The van der Waals surface area contributed by atoms with Crippen LogP contribution in [0.15, 0.2) is 30.9 Å². The van der Waals surface area contributed by atoms with Crippen LogP contribution in [0.25, 0.3) is 0 Å². The van der Waals surface area contributed by atoms with Crippen molar-refractivity contribution in [2.75, 3.05) is 19.8 Å². The van der Waals surface area contributed by atoms with Gasteiger partial charge < -0.3 is 10.1 Å². The van der Waals surface area contributed by atoms with Crippen LogP contribution in [-0.2, 0) is 4.74 Å². The minimum Gasteiger partial charge on any atom is -0.380 e. The van der Waals surface area contributed by atoms with Gasteiger partial charge in [-0.15, -0.1) is 6.58 Å². The molecule has 0 aliphatic rings. The van der Waals surface area contributed by atoms with E-state index in [-0.39, 0.29) is 0 Å². The predicted octanol–water partition coefficient (Wildman–Crippen LogP) is 3.55. The summed E-state index contributed by atoms with van der Waals surface area (Å²) in [7, 11) is 0. The van der Waals surface area contributed by atoms with Gasteiger partial charge in [-0.3, -0.25) is 0 Å². The number of ether oxygens (including phenoxy) is 1. The topological polar surface area (TPSA) is 21.3 Å². The molecule has 1 unspecified atom stereocenters. The maximum atomic E-state index is 5.47. The Balaban J connectivity index is 2.31. The summed E-state index contributed by atoms with van der Waals surface area (Å²) in [5.74, 6) is 0. The lowest BCUT2D eigenvalue weighted by molar-refractivity contribution is 0.138. The van der Waals surface area contributed by atoms with Crippen molar-refractivity contribution in [2.45, 2.75) is 33.2 Å². The second kappa shape index (κ2) is 8.06. The van der Waals surface area contributed by atoms with Crippen molar-refractivity contribution < 1.29 is 4.74 Å². The van der Waals surface area contributed by atoms with Crippen molar-refractivity contribution >= 4 is 0 Å². The Morgan fingerprint density at radius 1 is 1.22 bits per heavy atom. The molecule has 0 amide bonds. The fourth-order valence-corrected chi connectivity index (χ4v) is 1.99. The summed E-state index contributed by atoms with van der Waals surface area (Å²) in [6, 6.07) is 7.05. The Bertz CT molecular complexity index is 353. The SMILES string of the molecule is C=CCCOCCNC(C)c1cc(C)cc(C)c1. The van der Waals surface area contributed by atoms with Crippen molar-refractivity contribution in [3.8, 4) is 0 Å². The molecule has 1 atom stereocenters. The van der Waals surface area contributed by atoms with E-state index in [9.17, 15) is 0 Å². The van der Waals surface area contributed by atoms with Gasteiger partial charge in [0.05, 0.1) is 13.2 Å². The van der Waals surface area contributed by atoms with Crippen molar-refractivity contribution in [3.63, 3.8) is 0 Å². The first kappa shape index (κ1) is 14.9. The molecule has 0 saturated heterocycles. The first-order valence-electron chi connectivity index (χ1n) is 6.63. The van der Waals surface area contributed by atoms with E-state index in [1.807, 2.05) is 6.08 Å². The number of nitrogens with one attached hydrogen (secondary N) is 1. The largest absolute Gasteiger partial charge is 0.380 e. The Hall–Kier alpha value is -1.12. The van der Waals surface area contributed by atoms with Crippen LogP contribution in [0.5, 0.6) is 0 Å². The average molecular weight is 247 g/mol. The highest BCUT2D eigenvalue weighted by atomic mass is 16.5. The molecular formula is C16H25NO. The molecular weight excluding hydrogens is 222 g/mol. The van der Waals surface area contributed by atoms with E-state index in [1.165, 1.54) is 16.7 Å². The molecule has 1 aromatic rings. The molecule has 0 aliphatic carbocycles. The highest BCUT2D eigenvalue weighted by Gasteiger charge is 2.05. The zero-order chi connectivity index (χ0) is 13.4. The smallest absolute Gasteiger partial charge is 0.0591 e. The van der Waals surface area contributed by atoms with Gasteiger partial charge in [-0.2, -0.15) is 0 Å². The molecule has 2 heteroatoms. The normalized spacial score (nSPS) is 12.4. The first-order valence-corrected chi connectivity index (χ1v) is 6.63. The third-order valence-corrected chi connectivity index (χ3v) is 2.91. The molecule has 2 nitrogen and oxygen atoms in total. The van der Waals surface area contributed by atoms with Gasteiger partial charge in [0.1, 0.15) is 0 Å². The molecule has 0 fully saturated rings. The standard InChI is InChI=1S/C16H25NO/c1-5-6-8-18-9-7-17-15(4)16-11-13(2)10-14(3)12-16/h5,10-12,15,17H,1,6-9H2,2-4H3. The Morgan fingerprint density at radius 3 is 2.50 bits per heavy atom. The van der Waals surface area contributed by atoms with Crippen molar-refractivity contribution in [3.05, 3.63) is 47.5 Å². The molecule has 0 heterocycles. The predicted molar refractivity (Wildman–Crippen MR) is 78.0 cm³/mol. The second-order valence-electron chi connectivity index (χ2n) is 4.79. The van der Waals surface area contributed by atoms with Crippen LogP contribution in [0.4, 0.5) is 0 Å². The molecule has 0 spiro atoms. The fraction of sp³-hybridized carbons (Fsp3) is 0.500. The molecule has 18 heavy (non-hydrogen) atoms. The summed E-state index contributed by atoms with van der Waals surface area (Å²) in [6.07, 6.45) is 2.80. The molecule has 0 aromatic heterocycles. The Kier molecular flexibility index (Phi) is 6.69. The number of benzene rings is 1. The second-order valence-corrected chi connectivity index (χ2v) is 4.79. The molecule has 100 valence electrons.